The van der Waals surface area contributed by atoms with Gasteiger partial charge in [0.15, 0.2) is 0 Å². The third kappa shape index (κ3) is 3.57. The van der Waals surface area contributed by atoms with Crippen LogP contribution in [0.2, 0.25) is 0 Å². The summed E-state index contributed by atoms with van der Waals surface area (Å²) in [6, 6.07) is 10.0. The maximum Gasteiger partial charge on any atom is 0.402 e. The highest BCUT2D eigenvalue weighted by atomic mass is 19.4. The number of hydrogen-bond donors (Lipinski definition) is 0. The number of alkyl halides is 6. The van der Waals surface area contributed by atoms with Crippen LogP contribution < -0.4 is 0 Å². The van der Waals surface area contributed by atoms with Gasteiger partial charge in [-0.05, 0) is 25.0 Å². The minimum atomic E-state index is -5.10. The molecule has 0 aromatic heterocycles. The predicted octanol–water partition coefficient (Wildman–Crippen LogP) is 6.10. The average Bonchev–Trinajstić information content (AvgIpc) is 2.44. The van der Waals surface area contributed by atoms with Crippen molar-refractivity contribution in [3.8, 4) is 0 Å². The molecule has 2 rings (SSSR count). The van der Waals surface area contributed by atoms with Gasteiger partial charge < -0.3 is 0 Å². The van der Waals surface area contributed by atoms with E-state index in [-0.39, 0.29) is 0 Å². The SMILES string of the molecule is Cc1ccc(C(CC(F)(F)F)(c2ccc(C)cc2)C(F)(F)F)cc1. The van der Waals surface area contributed by atoms with E-state index in [1.807, 2.05) is 0 Å². The van der Waals surface area contributed by atoms with Crippen LogP contribution in [0.5, 0.6) is 0 Å². The second-order valence-corrected chi connectivity index (χ2v) is 5.93. The van der Waals surface area contributed by atoms with E-state index in [1.54, 1.807) is 13.8 Å². The van der Waals surface area contributed by atoms with Crippen LogP contribution in [0, 0.1) is 13.8 Å². The average molecular weight is 346 g/mol. The van der Waals surface area contributed by atoms with Crippen LogP contribution in [0.25, 0.3) is 0 Å². The van der Waals surface area contributed by atoms with Gasteiger partial charge in [-0.3, -0.25) is 0 Å². The Hall–Kier alpha value is -1.98. The molecule has 0 radical (unpaired) electrons. The van der Waals surface area contributed by atoms with Crippen molar-refractivity contribution in [2.24, 2.45) is 0 Å². The summed E-state index contributed by atoms with van der Waals surface area (Å²) in [5.74, 6) is 0. The van der Waals surface area contributed by atoms with E-state index in [0.29, 0.717) is 11.1 Å². The smallest absolute Gasteiger partial charge is 0.171 e. The molecule has 0 heterocycles. The summed E-state index contributed by atoms with van der Waals surface area (Å²) in [6.45, 7) is 3.32. The molecule has 0 unspecified atom stereocenters. The van der Waals surface area contributed by atoms with Crippen LogP contribution in [0.3, 0.4) is 0 Å². The number of hydrogen-bond acceptors (Lipinski definition) is 0. The van der Waals surface area contributed by atoms with Gasteiger partial charge >= 0.3 is 12.4 Å². The topological polar surface area (TPSA) is 0 Å². The van der Waals surface area contributed by atoms with Crippen molar-refractivity contribution in [3.05, 3.63) is 70.8 Å². The zero-order valence-electron chi connectivity index (χ0n) is 13.1. The highest BCUT2D eigenvalue weighted by Crippen LogP contribution is 2.52. The molecule has 130 valence electrons. The Morgan fingerprint density at radius 2 is 0.958 bits per heavy atom. The molecule has 0 aliphatic carbocycles. The second kappa shape index (κ2) is 6.15. The summed E-state index contributed by atoms with van der Waals surface area (Å²) in [6.07, 6.45) is -12.1. The molecule has 0 nitrogen and oxygen atoms in total. The fourth-order valence-corrected chi connectivity index (χ4v) is 2.78. The van der Waals surface area contributed by atoms with Gasteiger partial charge in [-0.2, -0.15) is 26.3 Å². The molecule has 0 N–H and O–H groups in total. The first-order chi connectivity index (χ1) is 11.0. The van der Waals surface area contributed by atoms with E-state index in [9.17, 15) is 26.3 Å². The maximum atomic E-state index is 14.0. The Bertz CT molecular complexity index is 632. The second-order valence-electron chi connectivity index (χ2n) is 5.93. The van der Waals surface area contributed by atoms with Gasteiger partial charge in [-0.25, -0.2) is 0 Å². The quantitative estimate of drug-likeness (QED) is 0.589. The maximum absolute atomic E-state index is 14.0. The van der Waals surface area contributed by atoms with Crippen molar-refractivity contribution >= 4 is 0 Å². The van der Waals surface area contributed by atoms with Crippen LogP contribution in [0.1, 0.15) is 28.7 Å². The first kappa shape index (κ1) is 18.4. The van der Waals surface area contributed by atoms with Crippen LogP contribution >= 0.6 is 0 Å². The molecular formula is C18H16F6. The van der Waals surface area contributed by atoms with Crippen LogP contribution in [0.4, 0.5) is 26.3 Å². The Labute approximate surface area is 136 Å². The predicted molar refractivity (Wildman–Crippen MR) is 79.9 cm³/mol. The first-order valence-corrected chi connectivity index (χ1v) is 7.23. The lowest BCUT2D eigenvalue weighted by Gasteiger charge is -2.37. The van der Waals surface area contributed by atoms with Gasteiger partial charge in [0, 0.05) is 0 Å². The molecular weight excluding hydrogens is 330 g/mol. The molecule has 0 atom stereocenters. The monoisotopic (exact) mass is 346 g/mol. The van der Waals surface area contributed by atoms with Crippen LogP contribution in [-0.4, -0.2) is 12.4 Å². The molecule has 0 saturated heterocycles. The molecule has 24 heavy (non-hydrogen) atoms. The molecule has 0 bridgehead atoms. The van der Waals surface area contributed by atoms with Gasteiger partial charge in [0.2, 0.25) is 0 Å². The molecule has 0 spiro atoms. The summed E-state index contributed by atoms with van der Waals surface area (Å²) in [7, 11) is 0. The van der Waals surface area contributed by atoms with Crippen molar-refractivity contribution in [3.63, 3.8) is 0 Å². The highest BCUT2D eigenvalue weighted by molar-refractivity contribution is 5.43. The number of benzene rings is 2. The highest BCUT2D eigenvalue weighted by Gasteiger charge is 2.61. The first-order valence-electron chi connectivity index (χ1n) is 7.23. The summed E-state index contributed by atoms with van der Waals surface area (Å²) in [4.78, 5) is 0. The van der Waals surface area contributed by atoms with Gasteiger partial charge in [-0.15, -0.1) is 0 Å². The van der Waals surface area contributed by atoms with Gasteiger partial charge in [0.25, 0.3) is 0 Å². The van der Waals surface area contributed by atoms with Gasteiger partial charge in [0.1, 0.15) is 5.41 Å². The lowest BCUT2D eigenvalue weighted by Crippen LogP contribution is -2.46. The number of halogens is 6. The third-order valence-electron chi connectivity index (χ3n) is 4.04. The molecule has 0 fully saturated rings. The summed E-state index contributed by atoms with van der Waals surface area (Å²) >= 11 is 0. The van der Waals surface area contributed by atoms with Crippen molar-refractivity contribution in [1.82, 2.24) is 0 Å². The van der Waals surface area contributed by atoms with E-state index >= 15 is 0 Å². The van der Waals surface area contributed by atoms with Gasteiger partial charge in [-0.1, -0.05) is 59.7 Å². The van der Waals surface area contributed by atoms with Crippen LogP contribution in [0.15, 0.2) is 48.5 Å². The largest absolute Gasteiger partial charge is 0.402 e. The number of rotatable bonds is 3. The fraction of sp³-hybridized carbons (Fsp3) is 0.333. The Balaban J connectivity index is 2.78. The number of aryl methyl sites for hydroxylation is 2. The molecule has 0 aliphatic heterocycles. The lowest BCUT2D eigenvalue weighted by atomic mass is 9.71. The van der Waals surface area contributed by atoms with Crippen molar-refractivity contribution in [2.45, 2.75) is 38.0 Å². The van der Waals surface area contributed by atoms with Crippen molar-refractivity contribution < 1.29 is 26.3 Å². The zero-order valence-corrected chi connectivity index (χ0v) is 13.1. The van der Waals surface area contributed by atoms with E-state index in [0.717, 1.165) is 24.3 Å². The van der Waals surface area contributed by atoms with Gasteiger partial charge in [0.05, 0.1) is 6.42 Å². The Morgan fingerprint density at radius 3 is 1.21 bits per heavy atom. The van der Waals surface area contributed by atoms with Crippen molar-refractivity contribution in [2.75, 3.05) is 0 Å². The lowest BCUT2D eigenvalue weighted by molar-refractivity contribution is -0.222. The standard InChI is InChI=1S/C18H16F6/c1-12-3-7-14(8-4-12)16(18(22,23)24,11-17(19,20)21)15-9-5-13(2)6-10-15/h3-10H,11H2,1-2H3. The molecule has 2 aromatic rings. The van der Waals surface area contributed by atoms with E-state index in [1.165, 1.54) is 24.3 Å². The minimum absolute atomic E-state index is 0.415. The molecule has 0 saturated carbocycles. The third-order valence-corrected chi connectivity index (χ3v) is 4.04. The van der Waals surface area contributed by atoms with Crippen LogP contribution in [-0.2, 0) is 5.41 Å². The summed E-state index contributed by atoms with van der Waals surface area (Å²) in [5, 5.41) is 0. The zero-order chi connectivity index (χ0) is 18.2. The summed E-state index contributed by atoms with van der Waals surface area (Å²) in [5.41, 5.74) is -2.62. The Morgan fingerprint density at radius 1 is 0.625 bits per heavy atom. The molecule has 0 aliphatic rings. The van der Waals surface area contributed by atoms with E-state index in [2.05, 4.69) is 0 Å². The Kier molecular flexibility index (Phi) is 4.70. The molecule has 2 aromatic carbocycles. The normalized spacial score (nSPS) is 13.2. The van der Waals surface area contributed by atoms with E-state index < -0.39 is 35.3 Å². The van der Waals surface area contributed by atoms with Crippen molar-refractivity contribution in [1.29, 1.82) is 0 Å². The van der Waals surface area contributed by atoms with E-state index in [4.69, 9.17) is 0 Å². The summed E-state index contributed by atoms with van der Waals surface area (Å²) < 4.78 is 81.3. The molecule has 6 heteroatoms. The molecule has 0 amide bonds. The fourth-order valence-electron chi connectivity index (χ4n) is 2.78. The minimum Gasteiger partial charge on any atom is -0.171 e.